The fourth-order valence-electron chi connectivity index (χ4n) is 5.47. The maximum atomic E-state index is 13.1. The summed E-state index contributed by atoms with van der Waals surface area (Å²) in [5.41, 5.74) is 13.0. The zero-order valence-corrected chi connectivity index (χ0v) is 21.2. The number of nitrogens with two attached hydrogens (primary N) is 1. The predicted octanol–water partition coefficient (Wildman–Crippen LogP) is 4.26. The molecule has 1 aliphatic heterocycles. The fourth-order valence-corrected chi connectivity index (χ4v) is 5.47. The number of nitrogens with one attached hydrogen (secondary N) is 1. The third-order valence-corrected chi connectivity index (χ3v) is 7.06. The quantitative estimate of drug-likeness (QED) is 0.361. The number of aromatic nitrogens is 6. The van der Waals surface area contributed by atoms with Crippen LogP contribution in [0.15, 0.2) is 43.0 Å². The molecule has 0 saturated carbocycles. The maximum absolute atomic E-state index is 13.1. The molecule has 10 heteroatoms. The number of carbonyl (C=O) groups is 1. The van der Waals surface area contributed by atoms with Crippen molar-refractivity contribution in [3.8, 4) is 11.3 Å². The lowest BCUT2D eigenvalue weighted by Gasteiger charge is -2.13. The SMILES string of the molecule is COCCn1cc(NC(=O)c2ccc3cc4n(c3c2)CCCc2c-4c3c(N)ncnc3n2C(C)C)cn1. The Kier molecular flexibility index (Phi) is 5.68. The first-order chi connectivity index (χ1) is 18.0. The molecule has 3 N–H and O–H groups in total. The Morgan fingerprint density at radius 1 is 1.24 bits per heavy atom. The standard InChI is InChI=1S/C27H30N8O2/c1-16(2)35-20-5-4-8-34-21-12-18(27(36)32-19-13-31-33(14-19)9-10-37-3)7-6-17(21)11-22(34)23(20)24-25(28)29-15-30-26(24)35/h6-7,11-16H,4-5,8-10H2,1-3H3,(H,32,36)(H2,28,29,30). The minimum Gasteiger partial charge on any atom is -0.383 e. The second-order valence-corrected chi connectivity index (χ2v) is 9.74. The van der Waals surface area contributed by atoms with E-state index >= 15 is 0 Å². The van der Waals surface area contributed by atoms with E-state index in [0.29, 0.717) is 30.2 Å². The van der Waals surface area contributed by atoms with Crippen molar-refractivity contribution in [1.82, 2.24) is 28.9 Å². The van der Waals surface area contributed by atoms with Crippen LogP contribution in [0.2, 0.25) is 0 Å². The summed E-state index contributed by atoms with van der Waals surface area (Å²) in [6.07, 6.45) is 6.87. The summed E-state index contributed by atoms with van der Waals surface area (Å²) in [5.74, 6) is 0.317. The summed E-state index contributed by atoms with van der Waals surface area (Å²) in [6.45, 7) is 6.37. The largest absolute Gasteiger partial charge is 0.383 e. The molecule has 5 aromatic rings. The first-order valence-corrected chi connectivity index (χ1v) is 12.6. The summed E-state index contributed by atoms with van der Waals surface area (Å²) in [6, 6.07) is 8.27. The summed E-state index contributed by atoms with van der Waals surface area (Å²) in [5, 5.41) is 9.21. The Morgan fingerprint density at radius 3 is 2.92 bits per heavy atom. The zero-order valence-electron chi connectivity index (χ0n) is 21.2. The molecule has 0 saturated heterocycles. The van der Waals surface area contributed by atoms with Gasteiger partial charge in [0.2, 0.25) is 0 Å². The van der Waals surface area contributed by atoms with Crippen molar-refractivity contribution in [2.45, 2.75) is 45.8 Å². The summed E-state index contributed by atoms with van der Waals surface area (Å²) in [7, 11) is 1.65. The molecule has 0 spiro atoms. The first-order valence-electron chi connectivity index (χ1n) is 12.6. The van der Waals surface area contributed by atoms with Gasteiger partial charge in [-0.3, -0.25) is 9.48 Å². The van der Waals surface area contributed by atoms with Gasteiger partial charge in [0, 0.05) is 53.6 Å². The number of amides is 1. The molecule has 6 rings (SSSR count). The number of aryl methyl sites for hydroxylation is 1. The predicted molar refractivity (Wildman–Crippen MR) is 144 cm³/mol. The average molecular weight is 499 g/mol. The molecule has 0 fully saturated rings. The molecule has 1 aromatic carbocycles. The highest BCUT2D eigenvalue weighted by Gasteiger charge is 2.28. The van der Waals surface area contributed by atoms with Crippen molar-refractivity contribution in [3.63, 3.8) is 0 Å². The number of nitrogen functional groups attached to an aromatic ring is 1. The lowest BCUT2D eigenvalue weighted by atomic mass is 10.1. The van der Waals surface area contributed by atoms with Gasteiger partial charge >= 0.3 is 0 Å². The molecule has 0 bridgehead atoms. The van der Waals surface area contributed by atoms with E-state index in [1.807, 2.05) is 18.2 Å². The molecule has 190 valence electrons. The van der Waals surface area contributed by atoms with Gasteiger partial charge < -0.3 is 24.9 Å². The monoisotopic (exact) mass is 498 g/mol. The maximum Gasteiger partial charge on any atom is 0.255 e. The third-order valence-electron chi connectivity index (χ3n) is 7.06. The molecule has 1 aliphatic rings. The number of hydrogen-bond acceptors (Lipinski definition) is 6. The zero-order chi connectivity index (χ0) is 25.7. The number of benzene rings is 1. The van der Waals surface area contributed by atoms with E-state index in [2.05, 4.69) is 49.4 Å². The second kappa shape index (κ2) is 9.04. The smallest absolute Gasteiger partial charge is 0.255 e. The van der Waals surface area contributed by atoms with Crippen LogP contribution in [0.25, 0.3) is 33.2 Å². The third kappa shape index (κ3) is 3.84. The first kappa shape index (κ1) is 23.2. The van der Waals surface area contributed by atoms with Gasteiger partial charge in [0.05, 0.1) is 36.1 Å². The van der Waals surface area contributed by atoms with E-state index in [1.54, 1.807) is 24.2 Å². The Morgan fingerprint density at radius 2 is 2.11 bits per heavy atom. The number of rotatable bonds is 6. The van der Waals surface area contributed by atoms with Crippen LogP contribution < -0.4 is 11.1 Å². The highest BCUT2D eigenvalue weighted by Crippen LogP contribution is 2.42. The minimum atomic E-state index is -0.174. The lowest BCUT2D eigenvalue weighted by Crippen LogP contribution is -2.12. The molecule has 0 aliphatic carbocycles. The van der Waals surface area contributed by atoms with Crippen LogP contribution in [0, 0.1) is 0 Å². The van der Waals surface area contributed by atoms with Crippen LogP contribution in [0.3, 0.4) is 0 Å². The Hall–Kier alpha value is -4.18. The van der Waals surface area contributed by atoms with Crippen molar-refractivity contribution in [2.75, 3.05) is 24.8 Å². The number of ether oxygens (including phenoxy) is 1. The van der Waals surface area contributed by atoms with Gasteiger partial charge in [-0.1, -0.05) is 6.07 Å². The van der Waals surface area contributed by atoms with Gasteiger partial charge in [0.25, 0.3) is 5.91 Å². The molecule has 5 heterocycles. The molecule has 1 amide bonds. The molecule has 0 radical (unpaired) electrons. The van der Waals surface area contributed by atoms with E-state index in [0.717, 1.165) is 52.6 Å². The van der Waals surface area contributed by atoms with Crippen LogP contribution in [-0.4, -0.2) is 48.5 Å². The van der Waals surface area contributed by atoms with Crippen molar-refractivity contribution in [2.24, 2.45) is 0 Å². The minimum absolute atomic E-state index is 0.174. The highest BCUT2D eigenvalue weighted by atomic mass is 16.5. The van der Waals surface area contributed by atoms with Crippen LogP contribution in [0.5, 0.6) is 0 Å². The van der Waals surface area contributed by atoms with Crippen LogP contribution >= 0.6 is 0 Å². The number of carbonyl (C=O) groups excluding carboxylic acids is 1. The summed E-state index contributed by atoms with van der Waals surface area (Å²) in [4.78, 5) is 22.1. The van der Waals surface area contributed by atoms with Crippen molar-refractivity contribution in [3.05, 3.63) is 54.2 Å². The Labute approximate surface area is 214 Å². The number of methoxy groups -OCH3 is 1. The van der Waals surface area contributed by atoms with Gasteiger partial charge in [-0.15, -0.1) is 0 Å². The number of anilines is 2. The normalized spacial score (nSPS) is 13.2. The van der Waals surface area contributed by atoms with Gasteiger partial charge in [0.15, 0.2) is 0 Å². The van der Waals surface area contributed by atoms with Gasteiger partial charge in [0.1, 0.15) is 17.8 Å². The summed E-state index contributed by atoms with van der Waals surface area (Å²) < 4.78 is 11.4. The van der Waals surface area contributed by atoms with Gasteiger partial charge in [-0.25, -0.2) is 9.97 Å². The van der Waals surface area contributed by atoms with E-state index in [-0.39, 0.29) is 11.9 Å². The molecule has 10 nitrogen and oxygen atoms in total. The van der Waals surface area contributed by atoms with Crippen molar-refractivity contribution in [1.29, 1.82) is 0 Å². The van der Waals surface area contributed by atoms with Crippen molar-refractivity contribution < 1.29 is 9.53 Å². The molecule has 4 aromatic heterocycles. The van der Waals surface area contributed by atoms with Crippen LogP contribution in [0.1, 0.15) is 42.4 Å². The van der Waals surface area contributed by atoms with Crippen LogP contribution in [0.4, 0.5) is 11.5 Å². The summed E-state index contributed by atoms with van der Waals surface area (Å²) >= 11 is 0. The highest BCUT2D eigenvalue weighted by molar-refractivity contribution is 6.08. The molecule has 0 unspecified atom stereocenters. The molecular weight excluding hydrogens is 468 g/mol. The Bertz CT molecular complexity index is 1640. The average Bonchev–Trinajstić information content (AvgIpc) is 3.53. The molecule has 0 atom stereocenters. The van der Waals surface area contributed by atoms with Gasteiger partial charge in [-0.05, 0) is 44.9 Å². The van der Waals surface area contributed by atoms with E-state index in [1.165, 1.54) is 12.0 Å². The lowest BCUT2D eigenvalue weighted by molar-refractivity contribution is 0.102. The number of fused-ring (bicyclic) bond motifs is 7. The van der Waals surface area contributed by atoms with Crippen LogP contribution in [-0.2, 0) is 24.2 Å². The van der Waals surface area contributed by atoms with E-state index in [9.17, 15) is 4.79 Å². The Balaban J connectivity index is 1.42. The number of hydrogen-bond donors (Lipinski definition) is 2. The van der Waals surface area contributed by atoms with Crippen molar-refractivity contribution >= 4 is 39.3 Å². The van der Waals surface area contributed by atoms with Gasteiger partial charge in [-0.2, -0.15) is 5.10 Å². The van der Waals surface area contributed by atoms with E-state index in [4.69, 9.17) is 10.5 Å². The number of nitrogens with zero attached hydrogens (tertiary/aromatic N) is 6. The molecular formula is C27H30N8O2. The molecule has 37 heavy (non-hydrogen) atoms. The second-order valence-electron chi connectivity index (χ2n) is 9.74. The van der Waals surface area contributed by atoms with E-state index < -0.39 is 0 Å². The topological polar surface area (TPSA) is 118 Å². The fraction of sp³-hybridized carbons (Fsp3) is 0.333.